The minimum atomic E-state index is 0.373. The molecule has 20 heavy (non-hydrogen) atoms. The summed E-state index contributed by atoms with van der Waals surface area (Å²) >= 11 is 0. The van der Waals surface area contributed by atoms with Crippen molar-refractivity contribution in [2.45, 2.75) is 39.7 Å². The maximum Gasteiger partial charge on any atom is 0.0363 e. The van der Waals surface area contributed by atoms with E-state index in [4.69, 9.17) is 0 Å². The fraction of sp³-hybridized carbons (Fsp3) is 0.389. The summed E-state index contributed by atoms with van der Waals surface area (Å²) in [5.74, 6) is 0. The molecule has 2 heteroatoms. The number of benzene rings is 1. The number of aromatic nitrogens is 1. The average Bonchev–Trinajstić information content (AvgIpc) is 2.45. The first-order valence-electron chi connectivity index (χ1n) is 7.40. The third-order valence-corrected chi connectivity index (χ3v) is 3.63. The van der Waals surface area contributed by atoms with E-state index in [2.05, 4.69) is 61.4 Å². The Morgan fingerprint density at radius 3 is 2.50 bits per heavy atom. The Kier molecular flexibility index (Phi) is 5.31. The molecule has 2 aromatic rings. The van der Waals surface area contributed by atoms with Crippen LogP contribution in [0, 0.1) is 13.8 Å². The van der Waals surface area contributed by atoms with Crippen molar-refractivity contribution in [3.05, 3.63) is 65.0 Å². The predicted molar refractivity (Wildman–Crippen MR) is 84.9 cm³/mol. The maximum absolute atomic E-state index is 4.10. The summed E-state index contributed by atoms with van der Waals surface area (Å²) in [5, 5.41) is 3.67. The van der Waals surface area contributed by atoms with Crippen LogP contribution in [-0.2, 0) is 6.42 Å². The van der Waals surface area contributed by atoms with E-state index in [1.54, 1.807) is 0 Å². The lowest BCUT2D eigenvalue weighted by molar-refractivity contribution is 0.527. The van der Waals surface area contributed by atoms with Crippen LogP contribution in [0.3, 0.4) is 0 Å². The summed E-state index contributed by atoms with van der Waals surface area (Å²) in [4.78, 5) is 4.10. The van der Waals surface area contributed by atoms with Crippen molar-refractivity contribution in [3.63, 3.8) is 0 Å². The molecule has 2 nitrogen and oxygen atoms in total. The summed E-state index contributed by atoms with van der Waals surface area (Å²) in [6, 6.07) is 11.3. The van der Waals surface area contributed by atoms with E-state index >= 15 is 0 Å². The molecule has 0 saturated carbocycles. The van der Waals surface area contributed by atoms with Gasteiger partial charge in [-0.15, -0.1) is 0 Å². The van der Waals surface area contributed by atoms with Gasteiger partial charge in [-0.05, 0) is 62.1 Å². The van der Waals surface area contributed by atoms with Crippen molar-refractivity contribution in [1.82, 2.24) is 10.3 Å². The van der Waals surface area contributed by atoms with Crippen LogP contribution in [0.15, 0.2) is 42.7 Å². The molecule has 106 valence electrons. The molecule has 1 aromatic heterocycles. The molecule has 0 fully saturated rings. The number of aryl methyl sites for hydroxylation is 2. The summed E-state index contributed by atoms with van der Waals surface area (Å²) < 4.78 is 0. The van der Waals surface area contributed by atoms with Crippen LogP contribution in [0.25, 0.3) is 0 Å². The summed E-state index contributed by atoms with van der Waals surface area (Å²) in [5.41, 5.74) is 5.42. The van der Waals surface area contributed by atoms with Gasteiger partial charge < -0.3 is 5.32 Å². The van der Waals surface area contributed by atoms with E-state index in [1.165, 1.54) is 22.3 Å². The molecule has 1 atom stereocenters. The summed E-state index contributed by atoms with van der Waals surface area (Å²) in [7, 11) is 0. The molecule has 1 N–H and O–H groups in total. The molecule has 0 amide bonds. The Bertz CT molecular complexity index is 534. The highest BCUT2D eigenvalue weighted by Gasteiger charge is 2.13. The molecule has 2 rings (SSSR count). The second-order valence-corrected chi connectivity index (χ2v) is 5.43. The lowest BCUT2D eigenvalue weighted by Crippen LogP contribution is -2.24. The maximum atomic E-state index is 4.10. The smallest absolute Gasteiger partial charge is 0.0363 e. The van der Waals surface area contributed by atoms with Crippen LogP contribution < -0.4 is 5.32 Å². The minimum Gasteiger partial charge on any atom is -0.310 e. The van der Waals surface area contributed by atoms with Crippen molar-refractivity contribution < 1.29 is 0 Å². The Morgan fingerprint density at radius 1 is 1.10 bits per heavy atom. The zero-order valence-corrected chi connectivity index (χ0v) is 12.7. The van der Waals surface area contributed by atoms with Crippen LogP contribution >= 0.6 is 0 Å². The summed E-state index contributed by atoms with van der Waals surface area (Å²) in [6.45, 7) is 7.60. The van der Waals surface area contributed by atoms with Crippen molar-refractivity contribution in [1.29, 1.82) is 0 Å². The monoisotopic (exact) mass is 268 g/mol. The standard InChI is InChI=1S/C18H24N2/c1-4-9-20-18(13-16-7-10-19-11-8-16)17-6-5-14(2)12-15(17)3/h5-8,10-12,18,20H,4,9,13H2,1-3H3. The first-order valence-corrected chi connectivity index (χ1v) is 7.40. The largest absolute Gasteiger partial charge is 0.310 e. The molecule has 0 radical (unpaired) electrons. The molecule has 0 aliphatic carbocycles. The van der Waals surface area contributed by atoms with Gasteiger partial charge in [-0.3, -0.25) is 4.98 Å². The van der Waals surface area contributed by atoms with Gasteiger partial charge in [-0.1, -0.05) is 30.7 Å². The fourth-order valence-corrected chi connectivity index (χ4v) is 2.58. The van der Waals surface area contributed by atoms with Gasteiger partial charge in [0.25, 0.3) is 0 Å². The third-order valence-electron chi connectivity index (χ3n) is 3.63. The lowest BCUT2D eigenvalue weighted by atomic mass is 9.94. The van der Waals surface area contributed by atoms with E-state index in [-0.39, 0.29) is 0 Å². The Hall–Kier alpha value is -1.67. The molecule has 0 aliphatic rings. The molecule has 1 unspecified atom stereocenters. The fourth-order valence-electron chi connectivity index (χ4n) is 2.58. The molecule has 1 heterocycles. The van der Waals surface area contributed by atoms with Gasteiger partial charge in [0.2, 0.25) is 0 Å². The normalized spacial score (nSPS) is 12.3. The van der Waals surface area contributed by atoms with E-state index < -0.39 is 0 Å². The van der Waals surface area contributed by atoms with Gasteiger partial charge in [-0.2, -0.15) is 0 Å². The van der Waals surface area contributed by atoms with E-state index in [0.717, 1.165) is 19.4 Å². The van der Waals surface area contributed by atoms with Crippen LogP contribution in [0.2, 0.25) is 0 Å². The number of hydrogen-bond acceptors (Lipinski definition) is 2. The van der Waals surface area contributed by atoms with Crippen LogP contribution in [-0.4, -0.2) is 11.5 Å². The minimum absolute atomic E-state index is 0.373. The number of nitrogens with zero attached hydrogens (tertiary/aromatic N) is 1. The highest BCUT2D eigenvalue weighted by molar-refractivity contribution is 5.34. The van der Waals surface area contributed by atoms with Crippen molar-refractivity contribution in [2.75, 3.05) is 6.54 Å². The second kappa shape index (κ2) is 7.20. The zero-order chi connectivity index (χ0) is 14.4. The SMILES string of the molecule is CCCNC(Cc1ccncc1)c1ccc(C)cc1C. The Morgan fingerprint density at radius 2 is 1.85 bits per heavy atom. The van der Waals surface area contributed by atoms with Gasteiger partial charge in [0.1, 0.15) is 0 Å². The van der Waals surface area contributed by atoms with Crippen molar-refractivity contribution in [3.8, 4) is 0 Å². The van der Waals surface area contributed by atoms with Gasteiger partial charge in [0.05, 0.1) is 0 Å². The van der Waals surface area contributed by atoms with Gasteiger partial charge in [0, 0.05) is 18.4 Å². The Labute approximate surface area is 122 Å². The van der Waals surface area contributed by atoms with Crippen LogP contribution in [0.4, 0.5) is 0 Å². The number of nitrogens with one attached hydrogen (secondary N) is 1. The van der Waals surface area contributed by atoms with E-state index in [9.17, 15) is 0 Å². The zero-order valence-electron chi connectivity index (χ0n) is 12.7. The second-order valence-electron chi connectivity index (χ2n) is 5.43. The molecular weight excluding hydrogens is 244 g/mol. The predicted octanol–water partition coefficient (Wildman–Crippen LogP) is 3.98. The topological polar surface area (TPSA) is 24.9 Å². The molecule has 0 spiro atoms. The molecule has 0 saturated heterocycles. The van der Waals surface area contributed by atoms with Gasteiger partial charge >= 0.3 is 0 Å². The molecule has 0 bridgehead atoms. The first-order chi connectivity index (χ1) is 9.70. The number of hydrogen-bond donors (Lipinski definition) is 1. The number of pyridine rings is 1. The third kappa shape index (κ3) is 3.91. The number of rotatable bonds is 6. The molecule has 1 aromatic carbocycles. The summed E-state index contributed by atoms with van der Waals surface area (Å²) in [6.07, 6.45) is 5.90. The van der Waals surface area contributed by atoms with Gasteiger partial charge in [-0.25, -0.2) is 0 Å². The van der Waals surface area contributed by atoms with Crippen molar-refractivity contribution >= 4 is 0 Å². The Balaban J connectivity index is 2.22. The van der Waals surface area contributed by atoms with Crippen molar-refractivity contribution in [2.24, 2.45) is 0 Å². The average molecular weight is 268 g/mol. The van der Waals surface area contributed by atoms with E-state index in [1.807, 2.05) is 12.4 Å². The highest BCUT2D eigenvalue weighted by Crippen LogP contribution is 2.22. The van der Waals surface area contributed by atoms with Gasteiger partial charge in [0.15, 0.2) is 0 Å². The van der Waals surface area contributed by atoms with E-state index in [0.29, 0.717) is 6.04 Å². The lowest BCUT2D eigenvalue weighted by Gasteiger charge is -2.21. The quantitative estimate of drug-likeness (QED) is 0.857. The van der Waals surface area contributed by atoms with Crippen LogP contribution in [0.5, 0.6) is 0 Å². The molecular formula is C18H24N2. The molecule has 0 aliphatic heterocycles. The van der Waals surface area contributed by atoms with Crippen LogP contribution in [0.1, 0.15) is 41.6 Å². The highest BCUT2D eigenvalue weighted by atomic mass is 14.9. The first kappa shape index (κ1) is 14.7.